The number of rotatable bonds is 3. The van der Waals surface area contributed by atoms with Gasteiger partial charge in [-0.25, -0.2) is 9.67 Å². The molecular formula is C22H11F6N7. The summed E-state index contributed by atoms with van der Waals surface area (Å²) >= 11 is 0. The number of fused-ring (bicyclic) bond motifs is 1. The molecule has 35 heavy (non-hydrogen) atoms. The van der Waals surface area contributed by atoms with Crippen molar-refractivity contribution in [2.75, 3.05) is 5.73 Å². The summed E-state index contributed by atoms with van der Waals surface area (Å²) in [5, 5.41) is 22.7. The second-order valence-corrected chi connectivity index (χ2v) is 7.36. The SMILES string of the molecule is N#Cc1cc(C#N)cc(-c2nc(N)nc3c2cnn3Cc2cc(C(F)(F)F)ccc2C(F)(F)F)c1. The number of nitrogen functional groups attached to an aromatic ring is 1. The van der Waals surface area contributed by atoms with E-state index in [0.717, 1.165) is 4.68 Å². The number of nitriles is 2. The highest BCUT2D eigenvalue weighted by Gasteiger charge is 2.37. The van der Waals surface area contributed by atoms with Gasteiger partial charge >= 0.3 is 12.4 Å². The van der Waals surface area contributed by atoms with Gasteiger partial charge in [0.2, 0.25) is 5.95 Å². The van der Waals surface area contributed by atoms with E-state index in [1.54, 1.807) is 0 Å². The number of alkyl halides is 6. The Balaban J connectivity index is 1.89. The Morgan fingerprint density at radius 2 is 1.54 bits per heavy atom. The molecule has 0 unspecified atom stereocenters. The lowest BCUT2D eigenvalue weighted by Gasteiger charge is -2.16. The van der Waals surface area contributed by atoms with Gasteiger partial charge in [0.05, 0.1) is 58.2 Å². The molecule has 2 aromatic heterocycles. The van der Waals surface area contributed by atoms with E-state index in [0.29, 0.717) is 23.8 Å². The predicted octanol–water partition coefficient (Wildman–Crippen LogP) is 4.90. The highest BCUT2D eigenvalue weighted by molar-refractivity contribution is 5.91. The van der Waals surface area contributed by atoms with Crippen molar-refractivity contribution in [1.82, 2.24) is 19.7 Å². The molecule has 0 amide bonds. The van der Waals surface area contributed by atoms with Gasteiger partial charge in [0.1, 0.15) is 0 Å². The van der Waals surface area contributed by atoms with Gasteiger partial charge in [-0.2, -0.15) is 46.9 Å². The van der Waals surface area contributed by atoms with Crippen molar-refractivity contribution < 1.29 is 26.3 Å². The highest BCUT2D eigenvalue weighted by atomic mass is 19.4. The van der Waals surface area contributed by atoms with Crippen LogP contribution in [0.2, 0.25) is 0 Å². The molecule has 0 fully saturated rings. The van der Waals surface area contributed by atoms with E-state index in [2.05, 4.69) is 15.1 Å². The normalized spacial score (nSPS) is 11.9. The number of anilines is 1. The summed E-state index contributed by atoms with van der Waals surface area (Å²) in [6.45, 7) is -0.695. The van der Waals surface area contributed by atoms with Crippen LogP contribution in [0.4, 0.5) is 32.3 Å². The van der Waals surface area contributed by atoms with Crippen LogP contribution in [-0.4, -0.2) is 19.7 Å². The fourth-order valence-corrected chi connectivity index (χ4v) is 3.54. The molecule has 0 atom stereocenters. The zero-order valence-electron chi connectivity index (χ0n) is 17.3. The molecule has 176 valence electrons. The molecule has 4 rings (SSSR count). The number of halogens is 6. The van der Waals surface area contributed by atoms with Gasteiger partial charge in [0.15, 0.2) is 5.65 Å². The number of aromatic nitrogens is 4. The van der Waals surface area contributed by atoms with Gasteiger partial charge < -0.3 is 5.73 Å². The maximum absolute atomic E-state index is 13.5. The first-order valence-electron chi connectivity index (χ1n) is 9.62. The van der Waals surface area contributed by atoms with Crippen molar-refractivity contribution in [1.29, 1.82) is 10.5 Å². The molecule has 0 spiro atoms. The zero-order chi connectivity index (χ0) is 25.5. The summed E-state index contributed by atoms with van der Waals surface area (Å²) in [6, 6.07) is 9.15. The van der Waals surface area contributed by atoms with Crippen LogP contribution in [0.15, 0.2) is 42.6 Å². The van der Waals surface area contributed by atoms with Crippen LogP contribution >= 0.6 is 0 Å². The highest BCUT2D eigenvalue weighted by Crippen LogP contribution is 2.37. The lowest BCUT2D eigenvalue weighted by Crippen LogP contribution is -2.15. The Bertz CT molecular complexity index is 1510. The van der Waals surface area contributed by atoms with Crippen molar-refractivity contribution >= 4 is 17.0 Å². The van der Waals surface area contributed by atoms with E-state index in [1.807, 2.05) is 12.1 Å². The van der Waals surface area contributed by atoms with E-state index in [1.165, 1.54) is 24.4 Å². The first-order chi connectivity index (χ1) is 16.4. The summed E-state index contributed by atoms with van der Waals surface area (Å²) < 4.78 is 81.0. The molecule has 0 aliphatic heterocycles. The number of hydrogen-bond donors (Lipinski definition) is 1. The van der Waals surface area contributed by atoms with Crippen LogP contribution in [0.5, 0.6) is 0 Å². The Hall–Kier alpha value is -4.65. The van der Waals surface area contributed by atoms with Gasteiger partial charge in [-0.1, -0.05) is 0 Å². The predicted molar refractivity (Wildman–Crippen MR) is 110 cm³/mol. The molecule has 2 heterocycles. The molecule has 0 aliphatic rings. The van der Waals surface area contributed by atoms with Gasteiger partial charge in [-0.3, -0.25) is 0 Å². The Labute approximate surface area is 192 Å². The second kappa shape index (κ2) is 8.29. The van der Waals surface area contributed by atoms with Crippen LogP contribution in [0.1, 0.15) is 27.8 Å². The molecule has 0 saturated heterocycles. The molecule has 7 nitrogen and oxygen atoms in total. The van der Waals surface area contributed by atoms with E-state index < -0.39 is 35.6 Å². The lowest BCUT2D eigenvalue weighted by atomic mass is 10.0. The topological polar surface area (TPSA) is 117 Å². The van der Waals surface area contributed by atoms with Gasteiger partial charge in [0, 0.05) is 5.56 Å². The number of hydrogen-bond acceptors (Lipinski definition) is 6. The van der Waals surface area contributed by atoms with Crippen molar-refractivity contribution in [3.8, 4) is 23.4 Å². The third kappa shape index (κ3) is 4.56. The monoisotopic (exact) mass is 487 g/mol. The van der Waals surface area contributed by atoms with Crippen LogP contribution in [-0.2, 0) is 18.9 Å². The molecule has 13 heteroatoms. The largest absolute Gasteiger partial charge is 0.416 e. The Kier molecular flexibility index (Phi) is 5.57. The third-order valence-electron chi connectivity index (χ3n) is 5.04. The first kappa shape index (κ1) is 23.5. The van der Waals surface area contributed by atoms with Gasteiger partial charge in [0.25, 0.3) is 0 Å². The summed E-state index contributed by atoms with van der Waals surface area (Å²) in [5.41, 5.74) is 3.31. The summed E-state index contributed by atoms with van der Waals surface area (Å²) in [6.07, 6.45) is -8.54. The molecule has 2 N–H and O–H groups in total. The minimum atomic E-state index is -4.91. The Morgan fingerprint density at radius 3 is 2.11 bits per heavy atom. The molecule has 0 aliphatic carbocycles. The molecular weight excluding hydrogens is 476 g/mol. The molecule has 4 aromatic rings. The quantitative estimate of drug-likeness (QED) is 0.411. The van der Waals surface area contributed by atoms with Crippen LogP contribution in [0, 0.1) is 22.7 Å². The van der Waals surface area contributed by atoms with Crippen LogP contribution in [0.25, 0.3) is 22.3 Å². The number of nitrogens with two attached hydrogens (primary N) is 1. The first-order valence-corrected chi connectivity index (χ1v) is 9.62. The summed E-state index contributed by atoms with van der Waals surface area (Å²) in [7, 11) is 0. The molecule has 2 aromatic carbocycles. The molecule has 0 saturated carbocycles. The summed E-state index contributed by atoms with van der Waals surface area (Å²) in [5.74, 6) is -0.296. The number of nitrogens with zero attached hydrogens (tertiary/aromatic N) is 6. The maximum Gasteiger partial charge on any atom is 0.416 e. The standard InChI is InChI=1S/C22H11F6N7/c23-21(24,25)15-1-2-17(22(26,27)28)14(6-15)10-35-19-16(9-32-35)18(33-20(31)34-19)13-4-11(7-29)3-12(5-13)8-30/h1-6,9H,10H2,(H2,31,33,34). The van der Waals surface area contributed by atoms with Crippen molar-refractivity contribution in [2.45, 2.75) is 18.9 Å². The Morgan fingerprint density at radius 1 is 0.886 bits per heavy atom. The van der Waals surface area contributed by atoms with Gasteiger partial charge in [-0.05, 0) is 42.0 Å². The third-order valence-corrected chi connectivity index (χ3v) is 5.04. The van der Waals surface area contributed by atoms with E-state index in [-0.39, 0.29) is 33.8 Å². The van der Waals surface area contributed by atoms with Crippen molar-refractivity contribution in [2.24, 2.45) is 0 Å². The fourth-order valence-electron chi connectivity index (χ4n) is 3.54. The fraction of sp³-hybridized carbons (Fsp3) is 0.136. The number of benzene rings is 2. The minimum Gasteiger partial charge on any atom is -0.368 e. The maximum atomic E-state index is 13.5. The van der Waals surface area contributed by atoms with E-state index in [9.17, 15) is 36.9 Å². The minimum absolute atomic E-state index is 0.0427. The second-order valence-electron chi connectivity index (χ2n) is 7.36. The smallest absolute Gasteiger partial charge is 0.368 e. The van der Waals surface area contributed by atoms with Crippen molar-refractivity contribution in [3.05, 3.63) is 70.4 Å². The van der Waals surface area contributed by atoms with Crippen molar-refractivity contribution in [3.63, 3.8) is 0 Å². The lowest BCUT2D eigenvalue weighted by molar-refractivity contribution is -0.141. The molecule has 0 radical (unpaired) electrons. The summed E-state index contributed by atoms with van der Waals surface area (Å²) in [4.78, 5) is 8.11. The molecule has 0 bridgehead atoms. The van der Waals surface area contributed by atoms with Gasteiger partial charge in [-0.15, -0.1) is 0 Å². The van der Waals surface area contributed by atoms with Crippen LogP contribution < -0.4 is 5.73 Å². The average Bonchev–Trinajstić information content (AvgIpc) is 3.19. The average molecular weight is 487 g/mol. The van der Waals surface area contributed by atoms with E-state index in [4.69, 9.17) is 5.73 Å². The van der Waals surface area contributed by atoms with Crippen LogP contribution in [0.3, 0.4) is 0 Å². The van der Waals surface area contributed by atoms with E-state index >= 15 is 0 Å². The zero-order valence-corrected chi connectivity index (χ0v) is 17.3.